The summed E-state index contributed by atoms with van der Waals surface area (Å²) in [6, 6.07) is 0. The van der Waals surface area contributed by atoms with Crippen LogP contribution in [0.3, 0.4) is 0 Å². The maximum atomic E-state index is 4.96. The lowest BCUT2D eigenvalue weighted by molar-refractivity contribution is 0.363. The lowest BCUT2D eigenvalue weighted by atomic mass is 10.3. The number of aryl methyl sites for hydroxylation is 1. The topological polar surface area (TPSA) is 63.0 Å². The van der Waals surface area contributed by atoms with E-state index < -0.39 is 0 Å². The number of hydrogen-bond donors (Lipinski definition) is 2. The molecular formula is C9H18N4O. The molecule has 1 rings (SSSR count). The highest BCUT2D eigenvalue weighted by Gasteiger charge is 2.00. The van der Waals surface area contributed by atoms with Gasteiger partial charge in [-0.1, -0.05) is 5.16 Å². The van der Waals surface area contributed by atoms with Crippen LogP contribution in [0.5, 0.6) is 0 Å². The van der Waals surface area contributed by atoms with Crippen LogP contribution in [0.25, 0.3) is 0 Å². The first kappa shape index (κ1) is 11.1. The van der Waals surface area contributed by atoms with E-state index in [1.165, 1.54) is 6.42 Å². The summed E-state index contributed by atoms with van der Waals surface area (Å²) in [7, 11) is 1.97. The normalized spacial score (nSPS) is 10.7. The van der Waals surface area contributed by atoms with Gasteiger partial charge in [-0.3, -0.25) is 0 Å². The van der Waals surface area contributed by atoms with Crippen molar-refractivity contribution in [3.63, 3.8) is 0 Å². The van der Waals surface area contributed by atoms with Crippen molar-refractivity contribution in [1.29, 1.82) is 0 Å². The number of aromatic nitrogens is 2. The van der Waals surface area contributed by atoms with Crippen LogP contribution in [-0.2, 0) is 6.54 Å². The van der Waals surface area contributed by atoms with Crippen LogP contribution >= 0.6 is 0 Å². The monoisotopic (exact) mass is 198 g/mol. The second-order valence-corrected chi connectivity index (χ2v) is 3.22. The molecule has 0 aliphatic carbocycles. The molecule has 0 aliphatic heterocycles. The van der Waals surface area contributed by atoms with E-state index in [4.69, 9.17) is 4.52 Å². The zero-order chi connectivity index (χ0) is 10.2. The van der Waals surface area contributed by atoms with Gasteiger partial charge in [0.1, 0.15) is 0 Å². The molecule has 0 amide bonds. The predicted molar refractivity (Wildman–Crippen MR) is 53.9 cm³/mol. The van der Waals surface area contributed by atoms with E-state index in [0.29, 0.717) is 18.3 Å². The predicted octanol–water partition coefficient (Wildman–Crippen LogP) is 0.467. The van der Waals surface area contributed by atoms with Gasteiger partial charge in [0.05, 0.1) is 6.54 Å². The van der Waals surface area contributed by atoms with Gasteiger partial charge < -0.3 is 15.2 Å². The molecule has 14 heavy (non-hydrogen) atoms. The minimum Gasteiger partial charge on any atom is -0.338 e. The number of hydrogen-bond acceptors (Lipinski definition) is 5. The van der Waals surface area contributed by atoms with Crippen LogP contribution in [0.2, 0.25) is 0 Å². The van der Waals surface area contributed by atoms with Gasteiger partial charge >= 0.3 is 0 Å². The number of nitrogens with one attached hydrogen (secondary N) is 2. The fourth-order valence-corrected chi connectivity index (χ4v) is 1.16. The van der Waals surface area contributed by atoms with Crippen molar-refractivity contribution in [3.8, 4) is 0 Å². The van der Waals surface area contributed by atoms with E-state index in [0.717, 1.165) is 19.5 Å². The minimum atomic E-state index is 0.663. The Hall–Kier alpha value is -0.940. The first-order valence-electron chi connectivity index (χ1n) is 4.97. The Balaban J connectivity index is 1.99. The van der Waals surface area contributed by atoms with Crippen LogP contribution in [0, 0.1) is 6.92 Å². The molecule has 0 saturated heterocycles. The highest BCUT2D eigenvalue weighted by molar-refractivity contribution is 4.81. The maximum absolute atomic E-state index is 4.96. The highest BCUT2D eigenvalue weighted by atomic mass is 16.5. The Bertz CT molecular complexity index is 249. The Morgan fingerprint density at radius 3 is 2.71 bits per heavy atom. The third kappa shape index (κ3) is 4.34. The quantitative estimate of drug-likeness (QED) is 0.623. The molecule has 1 aromatic heterocycles. The van der Waals surface area contributed by atoms with Crippen molar-refractivity contribution in [2.75, 3.05) is 20.1 Å². The lowest BCUT2D eigenvalue weighted by Gasteiger charge is -2.00. The van der Waals surface area contributed by atoms with Crippen molar-refractivity contribution in [2.45, 2.75) is 26.3 Å². The van der Waals surface area contributed by atoms with Crippen molar-refractivity contribution >= 4 is 0 Å². The molecule has 1 heterocycles. The van der Waals surface area contributed by atoms with Crippen LogP contribution in [0.15, 0.2) is 4.52 Å². The van der Waals surface area contributed by atoms with Crippen molar-refractivity contribution in [1.82, 2.24) is 20.8 Å². The van der Waals surface area contributed by atoms with Gasteiger partial charge in [-0.05, 0) is 39.9 Å². The third-order valence-corrected chi connectivity index (χ3v) is 1.88. The summed E-state index contributed by atoms with van der Waals surface area (Å²) < 4.78 is 4.96. The van der Waals surface area contributed by atoms with E-state index >= 15 is 0 Å². The number of unbranched alkanes of at least 4 members (excludes halogenated alkanes) is 1. The molecular weight excluding hydrogens is 180 g/mol. The average molecular weight is 198 g/mol. The molecule has 0 bridgehead atoms. The minimum absolute atomic E-state index is 0.663. The van der Waals surface area contributed by atoms with E-state index in [9.17, 15) is 0 Å². The van der Waals surface area contributed by atoms with Crippen molar-refractivity contribution < 1.29 is 4.52 Å². The Morgan fingerprint density at radius 1 is 1.29 bits per heavy atom. The second kappa shape index (κ2) is 6.50. The molecule has 0 aliphatic rings. The molecule has 0 spiro atoms. The van der Waals surface area contributed by atoms with Crippen molar-refractivity contribution in [2.24, 2.45) is 0 Å². The largest absolute Gasteiger partial charge is 0.338 e. The van der Waals surface area contributed by atoms with Gasteiger partial charge in [0.15, 0.2) is 5.82 Å². The highest BCUT2D eigenvalue weighted by Crippen LogP contribution is 1.94. The van der Waals surface area contributed by atoms with Crippen LogP contribution < -0.4 is 10.6 Å². The van der Waals surface area contributed by atoms with Crippen molar-refractivity contribution in [3.05, 3.63) is 11.7 Å². The second-order valence-electron chi connectivity index (χ2n) is 3.22. The van der Waals surface area contributed by atoms with Gasteiger partial charge in [0.2, 0.25) is 5.89 Å². The molecule has 0 atom stereocenters. The van der Waals surface area contributed by atoms with Crippen LogP contribution in [0.1, 0.15) is 24.6 Å². The summed E-state index contributed by atoms with van der Waals surface area (Å²) in [5.41, 5.74) is 0. The van der Waals surface area contributed by atoms with E-state index in [1.807, 2.05) is 14.0 Å². The summed E-state index contributed by atoms with van der Waals surface area (Å²) in [4.78, 5) is 4.09. The molecule has 0 aromatic carbocycles. The van der Waals surface area contributed by atoms with E-state index in [2.05, 4.69) is 20.8 Å². The van der Waals surface area contributed by atoms with Gasteiger partial charge in [-0.2, -0.15) is 4.98 Å². The molecule has 5 nitrogen and oxygen atoms in total. The fourth-order valence-electron chi connectivity index (χ4n) is 1.16. The zero-order valence-corrected chi connectivity index (χ0v) is 8.84. The first-order valence-corrected chi connectivity index (χ1v) is 4.97. The van der Waals surface area contributed by atoms with Crippen LogP contribution in [0.4, 0.5) is 0 Å². The molecule has 0 fully saturated rings. The van der Waals surface area contributed by atoms with Crippen LogP contribution in [-0.4, -0.2) is 30.3 Å². The Kier molecular flexibility index (Phi) is 5.17. The summed E-state index contributed by atoms with van der Waals surface area (Å²) in [5, 5.41) is 10.1. The number of nitrogens with zero attached hydrogens (tertiary/aromatic N) is 2. The Labute approximate surface area is 84.3 Å². The lowest BCUT2D eigenvalue weighted by Crippen LogP contribution is -2.16. The summed E-state index contributed by atoms with van der Waals surface area (Å²) >= 11 is 0. The van der Waals surface area contributed by atoms with Gasteiger partial charge in [0, 0.05) is 0 Å². The molecule has 2 N–H and O–H groups in total. The zero-order valence-electron chi connectivity index (χ0n) is 8.84. The molecule has 0 saturated carbocycles. The Morgan fingerprint density at radius 2 is 2.07 bits per heavy atom. The van der Waals surface area contributed by atoms with Gasteiger partial charge in [-0.25, -0.2) is 0 Å². The SMILES string of the molecule is CNCCCCNCc1nc(C)no1. The molecule has 5 heteroatoms. The molecule has 0 radical (unpaired) electrons. The molecule has 0 unspecified atom stereocenters. The standard InChI is InChI=1S/C9H18N4O/c1-8-12-9(14-13-8)7-11-6-4-3-5-10-2/h10-11H,3-7H2,1-2H3. The average Bonchev–Trinajstić information content (AvgIpc) is 2.58. The molecule has 1 aromatic rings. The number of rotatable bonds is 7. The summed E-state index contributed by atoms with van der Waals surface area (Å²) in [6.07, 6.45) is 2.35. The van der Waals surface area contributed by atoms with Gasteiger partial charge in [0.25, 0.3) is 0 Å². The smallest absolute Gasteiger partial charge is 0.240 e. The van der Waals surface area contributed by atoms with Gasteiger partial charge in [-0.15, -0.1) is 0 Å². The molecule has 80 valence electrons. The van der Waals surface area contributed by atoms with E-state index in [-0.39, 0.29) is 0 Å². The fraction of sp³-hybridized carbons (Fsp3) is 0.778. The maximum Gasteiger partial charge on any atom is 0.240 e. The summed E-state index contributed by atoms with van der Waals surface area (Å²) in [5.74, 6) is 1.35. The summed E-state index contributed by atoms with van der Waals surface area (Å²) in [6.45, 7) is 4.55. The first-order chi connectivity index (χ1) is 6.83. The van der Waals surface area contributed by atoms with E-state index in [1.54, 1.807) is 0 Å². The third-order valence-electron chi connectivity index (χ3n) is 1.88.